The van der Waals surface area contributed by atoms with Crippen molar-refractivity contribution < 1.29 is 35.3 Å². The number of rotatable bonds is 13. The van der Waals surface area contributed by atoms with E-state index >= 15 is 0 Å². The molecule has 346 valence electrons. The van der Waals surface area contributed by atoms with E-state index in [-0.39, 0.29) is 11.8 Å². The van der Waals surface area contributed by atoms with Crippen LogP contribution in [-0.2, 0) is 0 Å². The SMILES string of the molecule is CCCC(C)c1cc(OC)cc2c1op(Oc1c(C)cc(C)cc1-c1cc(C)cc(C)c1Op1oc3c(C)cc(C)cc3c3cc(C)cc(C)c3o1)oc1c(C(C)CCC)cc(OC)cc12. The minimum atomic E-state index is -2.09. The van der Waals surface area contributed by atoms with Gasteiger partial charge in [0.1, 0.15) is 45.3 Å². The molecule has 66 heavy (non-hydrogen) atoms. The number of methoxy groups -OCH3 is 2. The van der Waals surface area contributed by atoms with Crippen LogP contribution < -0.4 is 18.5 Å². The molecule has 0 spiro atoms. The van der Waals surface area contributed by atoms with Gasteiger partial charge in [-0.3, -0.25) is 0 Å². The van der Waals surface area contributed by atoms with Crippen LogP contribution in [0.4, 0.5) is 0 Å². The fourth-order valence-electron chi connectivity index (χ4n) is 9.66. The lowest BCUT2D eigenvalue weighted by molar-refractivity contribution is 0.414. The molecule has 0 fully saturated rings. The molecule has 0 saturated carbocycles. The molecule has 2 atom stereocenters. The topological polar surface area (TPSA) is 89.5 Å². The second-order valence-electron chi connectivity index (χ2n) is 18.4. The normalized spacial score (nSPS) is 12.8. The summed E-state index contributed by atoms with van der Waals surface area (Å²) in [4.78, 5) is 0. The Morgan fingerprint density at radius 3 is 1.12 bits per heavy atom. The number of hydrogen-bond acceptors (Lipinski definition) is 8. The van der Waals surface area contributed by atoms with Crippen molar-refractivity contribution in [2.75, 3.05) is 14.2 Å². The van der Waals surface area contributed by atoms with Crippen LogP contribution in [0.2, 0.25) is 0 Å². The van der Waals surface area contributed by atoms with Crippen LogP contribution in [0, 0.1) is 55.4 Å². The van der Waals surface area contributed by atoms with Crippen molar-refractivity contribution in [3.8, 4) is 34.1 Å². The number of benzene rings is 6. The Labute approximate surface area is 391 Å². The molecule has 2 aromatic heterocycles. The first-order valence-electron chi connectivity index (χ1n) is 23.2. The lowest BCUT2D eigenvalue weighted by atomic mass is 9.91. The van der Waals surface area contributed by atoms with Crippen molar-refractivity contribution in [3.05, 3.63) is 128 Å². The molecule has 2 heterocycles. The third kappa shape index (κ3) is 9.20. The molecule has 0 aliphatic carbocycles. The zero-order valence-corrected chi connectivity index (χ0v) is 42.9. The second kappa shape index (κ2) is 19.3. The molecular formula is C56H64O8P2. The van der Waals surface area contributed by atoms with Gasteiger partial charge in [-0.1, -0.05) is 64.8 Å². The Kier molecular flexibility index (Phi) is 13.7. The molecule has 0 saturated heterocycles. The minimum absolute atomic E-state index is 0.169. The summed E-state index contributed by atoms with van der Waals surface area (Å²) in [5.41, 5.74) is 15.1. The molecule has 8 aromatic rings. The fourth-order valence-corrected chi connectivity index (χ4v) is 12.2. The Bertz CT molecular complexity index is 3080. The van der Waals surface area contributed by atoms with E-state index in [1.165, 1.54) is 0 Å². The Hall–Kier alpha value is -5.68. The first-order valence-corrected chi connectivity index (χ1v) is 25.4. The Morgan fingerprint density at radius 2 is 0.758 bits per heavy atom. The summed E-state index contributed by atoms with van der Waals surface area (Å²) in [6.07, 6.45) is 3.96. The van der Waals surface area contributed by atoms with Gasteiger partial charge in [-0.25, -0.2) is 0 Å². The van der Waals surface area contributed by atoms with Gasteiger partial charge in [-0.15, -0.1) is 0 Å². The first kappa shape index (κ1) is 46.8. The third-order valence-electron chi connectivity index (χ3n) is 12.7. The zero-order valence-electron chi connectivity index (χ0n) is 41.1. The average molecular weight is 927 g/mol. The van der Waals surface area contributed by atoms with Gasteiger partial charge in [-0.05, 0) is 173 Å². The molecule has 0 bridgehead atoms. The lowest BCUT2D eigenvalue weighted by Crippen LogP contribution is -1.97. The molecule has 10 heteroatoms. The van der Waals surface area contributed by atoms with E-state index in [9.17, 15) is 0 Å². The van der Waals surface area contributed by atoms with Crippen molar-refractivity contribution in [1.29, 1.82) is 0 Å². The highest BCUT2D eigenvalue weighted by Gasteiger charge is 2.25. The van der Waals surface area contributed by atoms with Gasteiger partial charge in [0, 0.05) is 43.8 Å². The van der Waals surface area contributed by atoms with E-state index in [1.54, 1.807) is 14.2 Å². The number of aryl methyl sites for hydroxylation is 8. The van der Waals surface area contributed by atoms with Crippen molar-refractivity contribution in [3.63, 3.8) is 0 Å². The van der Waals surface area contributed by atoms with Crippen LogP contribution in [-0.4, -0.2) is 14.2 Å². The monoisotopic (exact) mass is 926 g/mol. The highest BCUT2D eigenvalue weighted by Crippen LogP contribution is 2.51. The number of ether oxygens (including phenoxy) is 2. The maximum Gasteiger partial charge on any atom is 0.453 e. The summed E-state index contributed by atoms with van der Waals surface area (Å²) in [5.74, 6) is 3.14. The van der Waals surface area contributed by atoms with Crippen molar-refractivity contribution in [1.82, 2.24) is 0 Å². The maximum absolute atomic E-state index is 7.26. The van der Waals surface area contributed by atoms with Gasteiger partial charge in [0.25, 0.3) is 0 Å². The van der Waals surface area contributed by atoms with Gasteiger partial charge in [0.05, 0.1) is 14.2 Å². The van der Waals surface area contributed by atoms with E-state index in [4.69, 9.17) is 35.3 Å². The van der Waals surface area contributed by atoms with Crippen LogP contribution >= 0.6 is 16.5 Å². The van der Waals surface area contributed by atoms with Gasteiger partial charge in [-0.2, -0.15) is 0 Å². The molecule has 6 aromatic carbocycles. The highest BCUT2D eigenvalue weighted by atomic mass is 31.1. The van der Waals surface area contributed by atoms with Gasteiger partial charge in [0.15, 0.2) is 0 Å². The quantitative estimate of drug-likeness (QED) is 0.113. The van der Waals surface area contributed by atoms with E-state index in [0.29, 0.717) is 11.5 Å². The molecule has 0 aliphatic heterocycles. The first-order chi connectivity index (χ1) is 31.6. The van der Waals surface area contributed by atoms with Crippen LogP contribution in [0.5, 0.6) is 23.0 Å². The molecule has 0 N–H and O–H groups in total. The van der Waals surface area contributed by atoms with E-state index in [2.05, 4.69) is 156 Å². The van der Waals surface area contributed by atoms with E-state index in [1.807, 2.05) is 0 Å². The van der Waals surface area contributed by atoms with E-state index < -0.39 is 16.5 Å². The Balaban J connectivity index is 1.39. The summed E-state index contributed by atoms with van der Waals surface area (Å²) < 4.78 is 54.3. The smallest absolute Gasteiger partial charge is 0.453 e. The highest BCUT2D eigenvalue weighted by molar-refractivity contribution is 7.32. The number of fused-ring (bicyclic) bond motifs is 6. The lowest BCUT2D eigenvalue weighted by Gasteiger charge is -2.18. The van der Waals surface area contributed by atoms with Crippen LogP contribution in [0.25, 0.3) is 55.0 Å². The van der Waals surface area contributed by atoms with Gasteiger partial charge >= 0.3 is 16.5 Å². The van der Waals surface area contributed by atoms with Crippen molar-refractivity contribution >= 4 is 60.4 Å². The van der Waals surface area contributed by atoms with Crippen LogP contribution in [0.15, 0.2) is 89.6 Å². The standard InChI is InChI=1S/C56H64O8P2/c1-15-17-35(7)43-27-41(57-13)29-49-50-30-42(58-14)28-44(36(8)18-16-2)56(50)64-66(63-55(43)49)62-54-40(12)22-34(6)26-48(54)47-25-33(5)21-39(11)53(47)61-65-59-51-37(9)19-31(3)23-45(51)46-24-32(4)20-38(10)52(46)60-65/h19-30,35-36H,15-18H2,1-14H3. The minimum Gasteiger partial charge on any atom is -0.497 e. The largest absolute Gasteiger partial charge is 0.497 e. The summed E-state index contributed by atoms with van der Waals surface area (Å²) in [5, 5.41) is 3.77. The molecule has 8 nitrogen and oxygen atoms in total. The van der Waals surface area contributed by atoms with E-state index in [0.717, 1.165) is 148 Å². The molecule has 2 unspecified atom stereocenters. The van der Waals surface area contributed by atoms with Crippen molar-refractivity contribution in [2.24, 2.45) is 0 Å². The Morgan fingerprint density at radius 1 is 0.424 bits per heavy atom. The molecule has 0 amide bonds. The zero-order chi connectivity index (χ0) is 47.1. The van der Waals surface area contributed by atoms with Gasteiger partial charge in [0.2, 0.25) is 0 Å². The molecular weight excluding hydrogens is 863 g/mol. The predicted octanol–water partition coefficient (Wildman–Crippen LogP) is 18.5. The summed E-state index contributed by atoms with van der Waals surface area (Å²) >= 11 is 0. The second-order valence-corrected chi connectivity index (χ2v) is 20.4. The maximum atomic E-state index is 7.26. The third-order valence-corrected chi connectivity index (χ3v) is 14.7. The van der Waals surface area contributed by atoms with Crippen LogP contribution in [0.1, 0.15) is 121 Å². The summed E-state index contributed by atoms with van der Waals surface area (Å²) in [7, 11) is -0.643. The van der Waals surface area contributed by atoms with Gasteiger partial charge < -0.3 is 35.3 Å². The molecule has 0 radical (unpaired) electrons. The van der Waals surface area contributed by atoms with Crippen LogP contribution in [0.3, 0.4) is 0 Å². The average Bonchev–Trinajstić information content (AvgIpc) is 3.52. The van der Waals surface area contributed by atoms with Crippen molar-refractivity contribution in [2.45, 2.75) is 121 Å². The molecule has 0 aliphatic rings. The molecule has 8 rings (SSSR count). The summed E-state index contributed by atoms with van der Waals surface area (Å²) in [6, 6.07) is 25.5. The fraction of sp³-hybridized carbons (Fsp3) is 0.357. The number of hydrogen-bond donors (Lipinski definition) is 0. The summed E-state index contributed by atoms with van der Waals surface area (Å²) in [6.45, 7) is 25.7. The predicted molar refractivity (Wildman–Crippen MR) is 274 cm³/mol.